The third-order valence-electron chi connectivity index (χ3n) is 3.05. The number of aliphatic hydroxyl groups excluding tert-OH is 1. The van der Waals surface area contributed by atoms with Crippen LogP contribution in [0.1, 0.15) is 22.5 Å². The minimum atomic E-state index is -0.224. The summed E-state index contributed by atoms with van der Waals surface area (Å²) < 4.78 is 0. The van der Waals surface area contributed by atoms with Crippen LogP contribution in [0.4, 0.5) is 0 Å². The molecule has 1 aromatic rings. The Labute approximate surface area is 109 Å². The van der Waals surface area contributed by atoms with Gasteiger partial charge in [-0.05, 0) is 24.3 Å². The fourth-order valence-electron chi connectivity index (χ4n) is 2.11. The number of hydrogen-bond donors (Lipinski definition) is 2. The highest BCUT2D eigenvalue weighted by Crippen LogP contribution is 2.16. The van der Waals surface area contributed by atoms with Gasteiger partial charge in [0.05, 0.1) is 24.1 Å². The molecule has 1 aliphatic heterocycles. The largest absolute Gasteiger partial charge is 0.394 e. The van der Waals surface area contributed by atoms with Crippen LogP contribution in [0.2, 0.25) is 0 Å². The highest BCUT2D eigenvalue weighted by molar-refractivity contribution is 7.12. The number of likely N-dealkylation sites (tertiary alicyclic amines) is 1. The summed E-state index contributed by atoms with van der Waals surface area (Å²) in [6.07, 6.45) is 1.75. The number of rotatable bonds is 4. The van der Waals surface area contributed by atoms with Gasteiger partial charge in [0.1, 0.15) is 0 Å². The van der Waals surface area contributed by atoms with Gasteiger partial charge in [-0.2, -0.15) is 0 Å². The van der Waals surface area contributed by atoms with Gasteiger partial charge in [-0.25, -0.2) is 0 Å². The van der Waals surface area contributed by atoms with E-state index >= 15 is 0 Å². The van der Waals surface area contributed by atoms with Crippen LogP contribution in [-0.2, 0) is 4.79 Å². The second-order valence-electron chi connectivity index (χ2n) is 4.23. The van der Waals surface area contributed by atoms with Gasteiger partial charge < -0.3 is 15.3 Å². The molecule has 2 rings (SSSR count). The van der Waals surface area contributed by atoms with E-state index in [0.717, 1.165) is 12.8 Å². The van der Waals surface area contributed by atoms with E-state index in [0.29, 0.717) is 11.4 Å². The van der Waals surface area contributed by atoms with Crippen molar-refractivity contribution in [1.82, 2.24) is 10.2 Å². The van der Waals surface area contributed by atoms with Gasteiger partial charge >= 0.3 is 0 Å². The topological polar surface area (TPSA) is 69.6 Å². The standard InChI is InChI=1S/C12H16N2O3S/c15-8-9-3-1-5-14(9)11(16)7-13-12(17)10-4-2-6-18-10/h2,4,6,9,15H,1,3,5,7-8H2,(H,13,17)/t9-/m0/s1. The quantitative estimate of drug-likeness (QED) is 0.833. The summed E-state index contributed by atoms with van der Waals surface area (Å²) >= 11 is 1.34. The molecule has 6 heteroatoms. The summed E-state index contributed by atoms with van der Waals surface area (Å²) in [6.45, 7) is 0.650. The van der Waals surface area contributed by atoms with E-state index in [1.807, 2.05) is 5.38 Å². The van der Waals surface area contributed by atoms with Crippen molar-refractivity contribution < 1.29 is 14.7 Å². The molecular weight excluding hydrogens is 252 g/mol. The maximum Gasteiger partial charge on any atom is 0.261 e. The predicted octanol–water partition coefficient (Wildman–Crippen LogP) is 0.461. The molecule has 0 bridgehead atoms. The van der Waals surface area contributed by atoms with Crippen LogP contribution in [0.5, 0.6) is 0 Å². The van der Waals surface area contributed by atoms with Crippen molar-refractivity contribution in [2.75, 3.05) is 19.7 Å². The monoisotopic (exact) mass is 268 g/mol. The van der Waals surface area contributed by atoms with Crippen molar-refractivity contribution in [1.29, 1.82) is 0 Å². The molecule has 1 saturated heterocycles. The third kappa shape index (κ3) is 2.88. The molecule has 98 valence electrons. The second kappa shape index (κ2) is 5.97. The number of aliphatic hydroxyl groups is 1. The Hall–Kier alpha value is -1.40. The molecule has 1 fully saturated rings. The summed E-state index contributed by atoms with van der Waals surface area (Å²) in [4.78, 5) is 25.8. The summed E-state index contributed by atoms with van der Waals surface area (Å²) in [5.74, 6) is -0.352. The maximum absolute atomic E-state index is 11.9. The molecule has 0 aliphatic carbocycles. The minimum Gasteiger partial charge on any atom is -0.394 e. The molecule has 0 radical (unpaired) electrons. The lowest BCUT2D eigenvalue weighted by Gasteiger charge is -2.23. The number of carbonyl (C=O) groups is 2. The van der Waals surface area contributed by atoms with E-state index in [9.17, 15) is 9.59 Å². The van der Waals surface area contributed by atoms with Crippen molar-refractivity contribution in [2.45, 2.75) is 18.9 Å². The van der Waals surface area contributed by atoms with Crippen LogP contribution < -0.4 is 5.32 Å². The van der Waals surface area contributed by atoms with Crippen LogP contribution in [0.3, 0.4) is 0 Å². The fourth-order valence-corrected chi connectivity index (χ4v) is 2.75. The average molecular weight is 268 g/mol. The SMILES string of the molecule is O=C(NCC(=O)N1CCC[C@H]1CO)c1cccs1. The van der Waals surface area contributed by atoms with Gasteiger partial charge in [0, 0.05) is 6.54 Å². The van der Waals surface area contributed by atoms with Crippen molar-refractivity contribution in [3.05, 3.63) is 22.4 Å². The smallest absolute Gasteiger partial charge is 0.261 e. The number of thiophene rings is 1. The number of hydrogen-bond acceptors (Lipinski definition) is 4. The van der Waals surface area contributed by atoms with E-state index in [2.05, 4.69) is 5.32 Å². The molecular formula is C12H16N2O3S. The van der Waals surface area contributed by atoms with E-state index in [1.54, 1.807) is 17.0 Å². The highest BCUT2D eigenvalue weighted by Gasteiger charge is 2.27. The van der Waals surface area contributed by atoms with Gasteiger partial charge in [0.2, 0.25) is 5.91 Å². The Bertz CT molecular complexity index is 419. The molecule has 1 aliphatic rings. The van der Waals surface area contributed by atoms with E-state index in [4.69, 9.17) is 5.11 Å². The Balaban J connectivity index is 1.83. The molecule has 0 unspecified atom stereocenters. The zero-order chi connectivity index (χ0) is 13.0. The Morgan fingerprint density at radius 1 is 1.56 bits per heavy atom. The average Bonchev–Trinajstić information content (AvgIpc) is 3.04. The number of nitrogens with one attached hydrogen (secondary N) is 1. The molecule has 0 saturated carbocycles. The molecule has 0 spiro atoms. The minimum absolute atomic E-state index is 0.00671. The number of carbonyl (C=O) groups excluding carboxylic acids is 2. The van der Waals surface area contributed by atoms with Crippen molar-refractivity contribution >= 4 is 23.2 Å². The van der Waals surface area contributed by atoms with Crippen LogP contribution in [-0.4, -0.2) is 47.6 Å². The van der Waals surface area contributed by atoms with Crippen LogP contribution in [0.25, 0.3) is 0 Å². The third-order valence-corrected chi connectivity index (χ3v) is 3.92. The van der Waals surface area contributed by atoms with Crippen molar-refractivity contribution in [2.24, 2.45) is 0 Å². The molecule has 2 amide bonds. The fraction of sp³-hybridized carbons (Fsp3) is 0.500. The Kier molecular flexibility index (Phi) is 4.33. The zero-order valence-corrected chi connectivity index (χ0v) is 10.8. The summed E-state index contributed by atoms with van der Waals surface area (Å²) in [5, 5.41) is 13.6. The van der Waals surface area contributed by atoms with Crippen LogP contribution >= 0.6 is 11.3 Å². The molecule has 0 aromatic carbocycles. The second-order valence-corrected chi connectivity index (χ2v) is 5.17. The first-order chi connectivity index (χ1) is 8.72. The summed E-state index contributed by atoms with van der Waals surface area (Å²) in [5.41, 5.74) is 0. The number of amides is 2. The zero-order valence-electron chi connectivity index (χ0n) is 9.96. The first-order valence-electron chi connectivity index (χ1n) is 5.94. The molecule has 18 heavy (non-hydrogen) atoms. The van der Waals surface area contributed by atoms with Gasteiger partial charge in [-0.1, -0.05) is 6.07 Å². The lowest BCUT2D eigenvalue weighted by atomic mass is 10.2. The van der Waals surface area contributed by atoms with E-state index < -0.39 is 0 Å². The van der Waals surface area contributed by atoms with Crippen LogP contribution in [0.15, 0.2) is 17.5 Å². The van der Waals surface area contributed by atoms with E-state index in [1.165, 1.54) is 11.3 Å². The first kappa shape index (κ1) is 13.0. The maximum atomic E-state index is 11.9. The highest BCUT2D eigenvalue weighted by atomic mass is 32.1. The number of nitrogens with zero attached hydrogens (tertiary/aromatic N) is 1. The van der Waals surface area contributed by atoms with Gasteiger partial charge in [0.15, 0.2) is 0 Å². The van der Waals surface area contributed by atoms with Gasteiger partial charge in [0.25, 0.3) is 5.91 Å². The van der Waals surface area contributed by atoms with Crippen molar-refractivity contribution in [3.63, 3.8) is 0 Å². The summed E-state index contributed by atoms with van der Waals surface area (Å²) in [6, 6.07) is 3.43. The molecule has 2 N–H and O–H groups in total. The Morgan fingerprint density at radius 3 is 3.06 bits per heavy atom. The molecule has 2 heterocycles. The first-order valence-corrected chi connectivity index (χ1v) is 6.82. The molecule has 5 nitrogen and oxygen atoms in total. The van der Waals surface area contributed by atoms with Gasteiger partial charge in [-0.3, -0.25) is 9.59 Å². The van der Waals surface area contributed by atoms with Gasteiger partial charge in [-0.15, -0.1) is 11.3 Å². The lowest BCUT2D eigenvalue weighted by Crippen LogP contribution is -2.43. The van der Waals surface area contributed by atoms with Crippen LogP contribution in [0, 0.1) is 0 Å². The molecule has 1 aromatic heterocycles. The summed E-state index contributed by atoms with van der Waals surface area (Å²) in [7, 11) is 0. The predicted molar refractivity (Wildman–Crippen MR) is 68.5 cm³/mol. The van der Waals surface area contributed by atoms with E-state index in [-0.39, 0.29) is 31.0 Å². The Morgan fingerprint density at radius 2 is 2.39 bits per heavy atom. The lowest BCUT2D eigenvalue weighted by molar-refractivity contribution is -0.131. The van der Waals surface area contributed by atoms with Crippen molar-refractivity contribution in [3.8, 4) is 0 Å². The molecule has 1 atom stereocenters. The normalized spacial score (nSPS) is 18.9.